The summed E-state index contributed by atoms with van der Waals surface area (Å²) in [6, 6.07) is 16.9. The molecule has 3 atom stereocenters. The summed E-state index contributed by atoms with van der Waals surface area (Å²) < 4.78 is 29.9. The number of hydrogen-bond acceptors (Lipinski definition) is 6. The van der Waals surface area contributed by atoms with E-state index in [0.717, 1.165) is 16.9 Å². The molecule has 2 rings (SSSR count). The Morgan fingerprint density at radius 3 is 2.31 bits per heavy atom. The van der Waals surface area contributed by atoms with E-state index in [1.54, 1.807) is 14.0 Å². The van der Waals surface area contributed by atoms with Gasteiger partial charge in [-0.1, -0.05) is 63.2 Å². The molecule has 0 aliphatic carbocycles. The second-order valence-corrected chi connectivity index (χ2v) is 12.2. The van der Waals surface area contributed by atoms with Crippen molar-refractivity contribution in [3.05, 3.63) is 65.7 Å². The molecule has 0 radical (unpaired) electrons. The summed E-state index contributed by atoms with van der Waals surface area (Å²) in [5.41, 5.74) is 2.02. The number of aliphatic hydroxyl groups is 1. The van der Waals surface area contributed by atoms with Gasteiger partial charge in [-0.15, -0.1) is 0 Å². The van der Waals surface area contributed by atoms with E-state index < -0.39 is 27.9 Å². The average Bonchev–Trinajstić information content (AvgIpc) is 2.86. The highest BCUT2D eigenvalue weighted by Crippen LogP contribution is 2.14. The second-order valence-electron chi connectivity index (χ2n) is 9.88. The monoisotopic (exact) mass is 518 g/mol. The zero-order chi connectivity index (χ0) is 26.6. The van der Waals surface area contributed by atoms with E-state index in [1.807, 2.05) is 68.4 Å². The fraction of sp³-hybridized carbons (Fsp3) is 0.536. The Morgan fingerprint density at radius 1 is 0.972 bits per heavy atom. The number of sulfone groups is 1. The Kier molecular flexibility index (Phi) is 12.4. The molecule has 2 aromatic carbocycles. The highest BCUT2D eigenvalue weighted by atomic mass is 32.2. The molecule has 3 N–H and O–H groups in total. The van der Waals surface area contributed by atoms with Crippen molar-refractivity contribution in [3.8, 4) is 5.75 Å². The quantitative estimate of drug-likeness (QED) is 0.315. The fourth-order valence-electron chi connectivity index (χ4n) is 3.77. The first kappa shape index (κ1) is 29.8. The van der Waals surface area contributed by atoms with E-state index in [0.29, 0.717) is 25.3 Å². The Bertz CT molecular complexity index is 1030. The molecular formula is C28H42N2O5S. The first-order valence-corrected chi connectivity index (χ1v) is 14.5. The van der Waals surface area contributed by atoms with Crippen LogP contribution in [0, 0.1) is 11.8 Å². The number of amides is 1. The molecule has 2 aromatic rings. The minimum atomic E-state index is -3.19. The van der Waals surface area contributed by atoms with E-state index in [2.05, 4.69) is 10.6 Å². The molecule has 0 bridgehead atoms. The van der Waals surface area contributed by atoms with Gasteiger partial charge in [0.15, 0.2) is 0 Å². The lowest BCUT2D eigenvalue weighted by Gasteiger charge is -2.26. The number of nitrogens with one attached hydrogen (secondary N) is 2. The molecular weight excluding hydrogens is 476 g/mol. The van der Waals surface area contributed by atoms with Gasteiger partial charge in [0.05, 0.1) is 30.8 Å². The SMILES string of the molecule is COc1cccc(CNC[C@@H](O)[C@H](Cc2ccccc2)NC(=O)C(C)CCS(=O)(=O)CCC(C)C)c1. The maximum Gasteiger partial charge on any atom is 0.223 e. The van der Waals surface area contributed by atoms with Gasteiger partial charge < -0.3 is 20.5 Å². The summed E-state index contributed by atoms with van der Waals surface area (Å²) in [6.45, 7) is 6.56. The Balaban J connectivity index is 1.96. The lowest BCUT2D eigenvalue weighted by Crippen LogP contribution is -2.50. The number of hydrogen-bond donors (Lipinski definition) is 3. The van der Waals surface area contributed by atoms with Crippen LogP contribution in [0.3, 0.4) is 0 Å². The van der Waals surface area contributed by atoms with E-state index in [-0.39, 0.29) is 30.4 Å². The summed E-state index contributed by atoms with van der Waals surface area (Å²) >= 11 is 0. The predicted molar refractivity (Wildman–Crippen MR) is 145 cm³/mol. The highest BCUT2D eigenvalue weighted by Gasteiger charge is 2.25. The normalized spacial score (nSPS) is 14.3. The minimum absolute atomic E-state index is 0.0116. The van der Waals surface area contributed by atoms with Crippen molar-refractivity contribution in [1.29, 1.82) is 0 Å². The Labute approximate surface area is 216 Å². The molecule has 200 valence electrons. The van der Waals surface area contributed by atoms with Gasteiger partial charge >= 0.3 is 0 Å². The Morgan fingerprint density at radius 2 is 1.64 bits per heavy atom. The van der Waals surface area contributed by atoms with Crippen LogP contribution in [0.4, 0.5) is 0 Å². The third-order valence-electron chi connectivity index (χ3n) is 6.22. The van der Waals surface area contributed by atoms with Crippen molar-refractivity contribution in [1.82, 2.24) is 10.6 Å². The standard InChI is InChI=1S/C28H42N2O5S/c1-21(2)13-15-36(33,34)16-14-22(3)28(32)30-26(18-23-9-6-5-7-10-23)27(31)20-29-19-24-11-8-12-25(17-24)35-4/h5-12,17,21-22,26-27,29,31H,13-16,18-20H2,1-4H3,(H,30,32)/t22?,26-,27+/m0/s1. The molecule has 0 spiro atoms. The number of ether oxygens (including phenoxy) is 1. The molecule has 0 saturated carbocycles. The Hall–Kier alpha value is -2.42. The topological polar surface area (TPSA) is 105 Å². The zero-order valence-corrected chi connectivity index (χ0v) is 22.8. The van der Waals surface area contributed by atoms with Gasteiger partial charge in [-0.3, -0.25) is 4.79 Å². The van der Waals surface area contributed by atoms with Gasteiger partial charge in [-0.05, 0) is 48.4 Å². The van der Waals surface area contributed by atoms with Crippen molar-refractivity contribution in [2.75, 3.05) is 25.2 Å². The smallest absolute Gasteiger partial charge is 0.223 e. The van der Waals surface area contributed by atoms with Gasteiger partial charge in [-0.25, -0.2) is 8.42 Å². The van der Waals surface area contributed by atoms with Gasteiger partial charge in [0.2, 0.25) is 5.91 Å². The third-order valence-corrected chi connectivity index (χ3v) is 7.94. The third kappa shape index (κ3) is 11.1. The van der Waals surface area contributed by atoms with Crippen LogP contribution in [0.1, 0.15) is 44.7 Å². The molecule has 0 heterocycles. The summed E-state index contributed by atoms with van der Waals surface area (Å²) in [6.07, 6.45) is 0.515. The molecule has 7 nitrogen and oxygen atoms in total. The number of rotatable bonds is 16. The summed E-state index contributed by atoms with van der Waals surface area (Å²) in [7, 11) is -1.57. The number of benzene rings is 2. The van der Waals surface area contributed by atoms with Crippen LogP contribution in [0.15, 0.2) is 54.6 Å². The molecule has 1 amide bonds. The number of carbonyl (C=O) groups excluding carboxylic acids is 1. The largest absolute Gasteiger partial charge is 0.497 e. The second kappa shape index (κ2) is 15.0. The lowest BCUT2D eigenvalue weighted by atomic mass is 9.99. The van der Waals surface area contributed by atoms with Crippen LogP contribution in [-0.4, -0.2) is 56.7 Å². The van der Waals surface area contributed by atoms with Crippen LogP contribution in [0.5, 0.6) is 5.75 Å². The number of carbonyl (C=O) groups is 1. The van der Waals surface area contributed by atoms with Gasteiger partial charge in [0.1, 0.15) is 15.6 Å². The minimum Gasteiger partial charge on any atom is -0.497 e. The highest BCUT2D eigenvalue weighted by molar-refractivity contribution is 7.91. The van der Waals surface area contributed by atoms with Crippen LogP contribution in [0.25, 0.3) is 0 Å². The zero-order valence-electron chi connectivity index (χ0n) is 21.9. The van der Waals surface area contributed by atoms with Crippen molar-refractivity contribution in [2.45, 2.75) is 58.7 Å². The van der Waals surface area contributed by atoms with Crippen molar-refractivity contribution in [2.24, 2.45) is 11.8 Å². The van der Waals surface area contributed by atoms with E-state index in [1.165, 1.54) is 0 Å². The van der Waals surface area contributed by atoms with Gasteiger partial charge in [-0.2, -0.15) is 0 Å². The molecule has 0 aromatic heterocycles. The predicted octanol–water partition coefficient (Wildman–Crippen LogP) is 3.36. The maximum absolute atomic E-state index is 12.9. The average molecular weight is 519 g/mol. The van der Waals surface area contributed by atoms with Crippen LogP contribution in [-0.2, 0) is 27.6 Å². The molecule has 0 fully saturated rings. The van der Waals surface area contributed by atoms with Crippen LogP contribution >= 0.6 is 0 Å². The molecule has 8 heteroatoms. The summed E-state index contributed by atoms with van der Waals surface area (Å²) in [5.74, 6) is 0.494. The van der Waals surface area contributed by atoms with E-state index in [9.17, 15) is 18.3 Å². The summed E-state index contributed by atoms with van der Waals surface area (Å²) in [4.78, 5) is 12.9. The first-order chi connectivity index (χ1) is 17.1. The van der Waals surface area contributed by atoms with Crippen molar-refractivity contribution in [3.63, 3.8) is 0 Å². The fourth-order valence-corrected chi connectivity index (χ4v) is 5.52. The van der Waals surface area contributed by atoms with Gasteiger partial charge in [0, 0.05) is 19.0 Å². The molecule has 0 aliphatic heterocycles. The first-order valence-electron chi connectivity index (χ1n) is 12.7. The molecule has 0 saturated heterocycles. The number of methoxy groups -OCH3 is 1. The van der Waals surface area contributed by atoms with E-state index >= 15 is 0 Å². The van der Waals surface area contributed by atoms with Crippen molar-refractivity contribution >= 4 is 15.7 Å². The van der Waals surface area contributed by atoms with Crippen molar-refractivity contribution < 1.29 is 23.1 Å². The molecule has 36 heavy (non-hydrogen) atoms. The lowest BCUT2D eigenvalue weighted by molar-refractivity contribution is -0.126. The van der Waals surface area contributed by atoms with E-state index in [4.69, 9.17) is 4.74 Å². The van der Waals surface area contributed by atoms with Crippen LogP contribution < -0.4 is 15.4 Å². The summed E-state index contributed by atoms with van der Waals surface area (Å²) in [5, 5.41) is 17.2. The maximum atomic E-state index is 12.9. The number of aliphatic hydroxyl groups excluding tert-OH is 1. The molecule has 1 unspecified atom stereocenters. The van der Waals surface area contributed by atoms with Gasteiger partial charge in [0.25, 0.3) is 0 Å². The van der Waals surface area contributed by atoms with Crippen LogP contribution in [0.2, 0.25) is 0 Å². The molecule has 0 aliphatic rings.